The Labute approximate surface area is 187 Å². The molecule has 4 rings (SSSR count). The lowest BCUT2D eigenvalue weighted by Gasteiger charge is -2.13. The first-order valence-corrected chi connectivity index (χ1v) is 10.8. The second-order valence-electron chi connectivity index (χ2n) is 7.52. The zero-order valence-corrected chi connectivity index (χ0v) is 18.2. The van der Waals surface area contributed by atoms with Crippen LogP contribution in [0.5, 0.6) is 0 Å². The van der Waals surface area contributed by atoms with Gasteiger partial charge in [0.1, 0.15) is 17.2 Å². The summed E-state index contributed by atoms with van der Waals surface area (Å²) in [7, 11) is 0. The van der Waals surface area contributed by atoms with E-state index in [0.717, 1.165) is 16.9 Å². The molecule has 4 aromatic rings. The molecule has 0 atom stereocenters. The maximum atomic E-state index is 13.3. The number of carbonyl (C=O) groups excluding carboxylic acids is 1. The average molecular weight is 449 g/mol. The standard InChI is InChI=1S/C23H20N4O4S/c1-13(2)14-3-5-16(6-4-14)25-18(28)11-27-20(15-7-9-24-10-8-15)26-21-19(22(27)29)17(12-32-21)23(30)31/h3-10,12-13H,11H2,1-2H3,(H,25,28)(H,30,31). The molecule has 0 unspecified atom stereocenters. The number of nitrogens with zero attached hydrogens (tertiary/aromatic N) is 3. The molecule has 0 radical (unpaired) electrons. The first-order valence-electron chi connectivity index (χ1n) is 9.90. The van der Waals surface area contributed by atoms with E-state index in [9.17, 15) is 19.5 Å². The second-order valence-corrected chi connectivity index (χ2v) is 8.38. The number of pyridine rings is 1. The summed E-state index contributed by atoms with van der Waals surface area (Å²) >= 11 is 1.08. The molecule has 0 fully saturated rings. The lowest BCUT2D eigenvalue weighted by Crippen LogP contribution is -2.30. The number of aromatic carboxylic acids is 1. The van der Waals surface area contributed by atoms with Gasteiger partial charge in [-0.15, -0.1) is 11.3 Å². The van der Waals surface area contributed by atoms with Crippen LogP contribution in [0.4, 0.5) is 5.69 Å². The van der Waals surface area contributed by atoms with Crippen molar-refractivity contribution in [2.45, 2.75) is 26.3 Å². The van der Waals surface area contributed by atoms with Crippen molar-refractivity contribution in [2.24, 2.45) is 0 Å². The number of aromatic nitrogens is 3. The number of rotatable bonds is 6. The molecule has 162 valence electrons. The summed E-state index contributed by atoms with van der Waals surface area (Å²) in [6, 6.07) is 10.8. The Morgan fingerprint density at radius 3 is 2.44 bits per heavy atom. The quantitative estimate of drug-likeness (QED) is 0.461. The fourth-order valence-corrected chi connectivity index (χ4v) is 4.25. The third-order valence-corrected chi connectivity index (χ3v) is 5.90. The van der Waals surface area contributed by atoms with Crippen molar-refractivity contribution < 1.29 is 14.7 Å². The maximum Gasteiger partial charge on any atom is 0.337 e. The minimum atomic E-state index is -1.21. The topological polar surface area (TPSA) is 114 Å². The molecule has 0 spiro atoms. The van der Waals surface area contributed by atoms with E-state index in [-0.39, 0.29) is 23.3 Å². The Bertz CT molecular complexity index is 1360. The van der Waals surface area contributed by atoms with E-state index in [2.05, 4.69) is 29.1 Å². The Balaban J connectivity index is 1.75. The summed E-state index contributed by atoms with van der Waals surface area (Å²) in [6.07, 6.45) is 3.12. The van der Waals surface area contributed by atoms with Gasteiger partial charge < -0.3 is 10.4 Å². The number of carboxylic acids is 1. The first-order chi connectivity index (χ1) is 15.3. The highest BCUT2D eigenvalue weighted by atomic mass is 32.1. The summed E-state index contributed by atoms with van der Waals surface area (Å²) in [6.45, 7) is 3.85. The maximum absolute atomic E-state index is 13.3. The number of hydrogen-bond acceptors (Lipinski definition) is 6. The summed E-state index contributed by atoms with van der Waals surface area (Å²) in [4.78, 5) is 46.5. The Kier molecular flexibility index (Phi) is 5.83. The van der Waals surface area contributed by atoms with Gasteiger partial charge in [-0.05, 0) is 35.7 Å². The van der Waals surface area contributed by atoms with E-state index in [1.807, 2.05) is 24.3 Å². The second kappa shape index (κ2) is 8.72. The molecule has 1 aromatic carbocycles. The Morgan fingerprint density at radius 1 is 1.12 bits per heavy atom. The van der Waals surface area contributed by atoms with Crippen LogP contribution in [0.15, 0.2) is 59.0 Å². The molecule has 0 saturated carbocycles. The van der Waals surface area contributed by atoms with Crippen LogP contribution in [0, 0.1) is 0 Å². The third kappa shape index (κ3) is 4.15. The van der Waals surface area contributed by atoms with Crippen molar-refractivity contribution in [3.63, 3.8) is 0 Å². The molecule has 2 N–H and O–H groups in total. The van der Waals surface area contributed by atoms with Crippen molar-refractivity contribution in [1.29, 1.82) is 0 Å². The fraction of sp³-hybridized carbons (Fsp3) is 0.174. The molecule has 32 heavy (non-hydrogen) atoms. The summed E-state index contributed by atoms with van der Waals surface area (Å²) < 4.78 is 1.20. The average Bonchev–Trinajstić information content (AvgIpc) is 3.21. The highest BCUT2D eigenvalue weighted by Gasteiger charge is 2.21. The molecule has 0 aliphatic rings. The Hall–Kier alpha value is -3.85. The minimum Gasteiger partial charge on any atom is -0.478 e. The van der Waals surface area contributed by atoms with Gasteiger partial charge in [-0.2, -0.15) is 0 Å². The first kappa shape index (κ1) is 21.4. The number of thiophene rings is 1. The summed E-state index contributed by atoms with van der Waals surface area (Å²) in [5.74, 6) is -0.997. The highest BCUT2D eigenvalue weighted by Crippen LogP contribution is 2.25. The lowest BCUT2D eigenvalue weighted by atomic mass is 10.0. The van der Waals surface area contributed by atoms with Crippen LogP contribution in [0.1, 0.15) is 35.7 Å². The number of anilines is 1. The molecule has 9 heteroatoms. The summed E-state index contributed by atoms with van der Waals surface area (Å²) in [5.41, 5.74) is 1.65. The molecule has 3 aromatic heterocycles. The monoisotopic (exact) mass is 448 g/mol. The van der Waals surface area contributed by atoms with Gasteiger partial charge in [-0.3, -0.25) is 19.1 Å². The third-order valence-electron chi connectivity index (χ3n) is 5.03. The highest BCUT2D eigenvalue weighted by molar-refractivity contribution is 7.17. The largest absolute Gasteiger partial charge is 0.478 e. The molecule has 0 aliphatic heterocycles. The van der Waals surface area contributed by atoms with E-state index in [1.54, 1.807) is 24.5 Å². The van der Waals surface area contributed by atoms with Crippen molar-refractivity contribution in [1.82, 2.24) is 14.5 Å². The minimum absolute atomic E-state index is 0.00519. The van der Waals surface area contributed by atoms with Crippen molar-refractivity contribution in [3.05, 3.63) is 75.7 Å². The van der Waals surface area contributed by atoms with Gasteiger partial charge >= 0.3 is 5.97 Å². The number of amides is 1. The van der Waals surface area contributed by atoms with Crippen molar-refractivity contribution in [2.75, 3.05) is 5.32 Å². The SMILES string of the molecule is CC(C)c1ccc(NC(=O)Cn2c(-c3ccncc3)nc3scc(C(=O)O)c3c2=O)cc1. The van der Waals surface area contributed by atoms with Gasteiger partial charge in [0.15, 0.2) is 0 Å². The van der Waals surface area contributed by atoms with Crippen LogP contribution in [0.2, 0.25) is 0 Å². The molecule has 0 aliphatic carbocycles. The molecular weight excluding hydrogens is 428 g/mol. The number of fused-ring (bicyclic) bond motifs is 1. The van der Waals surface area contributed by atoms with Gasteiger partial charge in [0.05, 0.1) is 10.9 Å². The molecule has 8 nitrogen and oxygen atoms in total. The number of carboxylic acid groups (broad SMARTS) is 1. The molecule has 3 heterocycles. The summed E-state index contributed by atoms with van der Waals surface area (Å²) in [5, 5.41) is 13.6. The van der Waals surface area contributed by atoms with E-state index >= 15 is 0 Å². The van der Waals surface area contributed by atoms with Gasteiger partial charge in [0, 0.05) is 29.0 Å². The van der Waals surface area contributed by atoms with E-state index in [0.29, 0.717) is 22.0 Å². The zero-order valence-electron chi connectivity index (χ0n) is 17.4. The lowest BCUT2D eigenvalue weighted by molar-refractivity contribution is -0.116. The number of benzene rings is 1. The van der Waals surface area contributed by atoms with Crippen LogP contribution in [0.25, 0.3) is 21.6 Å². The van der Waals surface area contributed by atoms with E-state index in [1.165, 1.54) is 9.95 Å². The van der Waals surface area contributed by atoms with Crippen molar-refractivity contribution >= 4 is 39.1 Å². The normalized spacial score (nSPS) is 11.1. The zero-order chi connectivity index (χ0) is 22.8. The predicted octanol–water partition coefficient (Wildman–Crippen LogP) is 3.98. The van der Waals surface area contributed by atoms with Gasteiger partial charge in [0.2, 0.25) is 5.91 Å². The number of hydrogen-bond donors (Lipinski definition) is 2. The Morgan fingerprint density at radius 2 is 1.81 bits per heavy atom. The number of nitrogens with one attached hydrogen (secondary N) is 1. The van der Waals surface area contributed by atoms with E-state index < -0.39 is 17.4 Å². The van der Waals surface area contributed by atoms with Gasteiger partial charge in [-0.25, -0.2) is 9.78 Å². The van der Waals surface area contributed by atoms with Crippen LogP contribution >= 0.6 is 11.3 Å². The van der Waals surface area contributed by atoms with Crippen LogP contribution in [0.3, 0.4) is 0 Å². The smallest absolute Gasteiger partial charge is 0.337 e. The molecule has 0 bridgehead atoms. The number of carbonyl (C=O) groups is 2. The van der Waals surface area contributed by atoms with Crippen LogP contribution in [-0.2, 0) is 11.3 Å². The van der Waals surface area contributed by atoms with Gasteiger partial charge in [-0.1, -0.05) is 26.0 Å². The molecule has 0 saturated heterocycles. The van der Waals surface area contributed by atoms with Crippen LogP contribution < -0.4 is 10.9 Å². The van der Waals surface area contributed by atoms with Crippen LogP contribution in [-0.4, -0.2) is 31.5 Å². The van der Waals surface area contributed by atoms with Gasteiger partial charge in [0.25, 0.3) is 5.56 Å². The molecule has 1 amide bonds. The van der Waals surface area contributed by atoms with Crippen molar-refractivity contribution in [3.8, 4) is 11.4 Å². The fourth-order valence-electron chi connectivity index (χ4n) is 3.35. The predicted molar refractivity (Wildman–Crippen MR) is 123 cm³/mol. The molecular formula is C23H20N4O4S. The van der Waals surface area contributed by atoms with E-state index in [4.69, 9.17) is 0 Å².